The van der Waals surface area contributed by atoms with E-state index in [1.54, 1.807) is 0 Å². The van der Waals surface area contributed by atoms with E-state index in [0.29, 0.717) is 6.61 Å². The van der Waals surface area contributed by atoms with Crippen molar-refractivity contribution in [3.63, 3.8) is 0 Å². The van der Waals surface area contributed by atoms with Crippen molar-refractivity contribution in [3.05, 3.63) is 72.3 Å². The molecule has 1 aliphatic heterocycles. The lowest BCUT2D eigenvalue weighted by Crippen LogP contribution is -2.46. The van der Waals surface area contributed by atoms with E-state index in [1.165, 1.54) is 5.69 Å². The molecule has 1 saturated heterocycles. The maximum absolute atomic E-state index is 6.07. The van der Waals surface area contributed by atoms with Crippen molar-refractivity contribution in [2.24, 2.45) is 7.05 Å². The lowest BCUT2D eigenvalue weighted by molar-refractivity contribution is 0.271. The SMILES string of the molecule is CCN1CCN(c2ccc3nc(-c4n[nH]c5ccc(OCc6ccccc6)cc45)n(C)c3c2)CC1. The van der Waals surface area contributed by atoms with Gasteiger partial charge < -0.3 is 19.1 Å². The summed E-state index contributed by atoms with van der Waals surface area (Å²) in [4.78, 5) is 9.92. The van der Waals surface area contributed by atoms with Crippen LogP contribution in [0.15, 0.2) is 66.7 Å². The number of aromatic nitrogens is 4. The molecular weight excluding hydrogens is 436 g/mol. The molecule has 0 aliphatic carbocycles. The van der Waals surface area contributed by atoms with Gasteiger partial charge in [-0.05, 0) is 48.5 Å². The highest BCUT2D eigenvalue weighted by Gasteiger charge is 2.19. The highest BCUT2D eigenvalue weighted by molar-refractivity contribution is 5.94. The van der Waals surface area contributed by atoms with Crippen LogP contribution in [0.5, 0.6) is 5.75 Å². The van der Waals surface area contributed by atoms with Gasteiger partial charge in [0.1, 0.15) is 18.1 Å². The van der Waals surface area contributed by atoms with Gasteiger partial charge in [0, 0.05) is 44.3 Å². The third-order valence-corrected chi connectivity index (χ3v) is 7.04. The smallest absolute Gasteiger partial charge is 0.162 e. The fraction of sp³-hybridized carbons (Fsp3) is 0.286. The Bertz CT molecular complexity index is 1460. The van der Waals surface area contributed by atoms with E-state index in [-0.39, 0.29) is 0 Å². The quantitative estimate of drug-likeness (QED) is 0.388. The van der Waals surface area contributed by atoms with E-state index >= 15 is 0 Å². The molecule has 1 N–H and O–H groups in total. The summed E-state index contributed by atoms with van der Waals surface area (Å²) in [6.45, 7) is 8.21. The zero-order chi connectivity index (χ0) is 23.8. The van der Waals surface area contributed by atoms with E-state index in [0.717, 1.165) is 77.5 Å². The normalized spacial score (nSPS) is 14.7. The van der Waals surface area contributed by atoms with Gasteiger partial charge in [-0.3, -0.25) is 5.10 Å². The second-order valence-corrected chi connectivity index (χ2v) is 9.14. The Morgan fingerprint density at radius 2 is 1.77 bits per heavy atom. The molecule has 1 aliphatic rings. The average molecular weight is 467 g/mol. The average Bonchev–Trinajstić information content (AvgIpc) is 3.48. The number of aryl methyl sites for hydroxylation is 1. The molecule has 35 heavy (non-hydrogen) atoms. The number of nitrogens with one attached hydrogen (secondary N) is 1. The molecule has 2 aromatic heterocycles. The number of H-pyrrole nitrogens is 1. The Morgan fingerprint density at radius 1 is 0.943 bits per heavy atom. The first-order valence-electron chi connectivity index (χ1n) is 12.3. The molecule has 5 aromatic rings. The van der Waals surface area contributed by atoms with Gasteiger partial charge in [0.05, 0.1) is 16.6 Å². The number of hydrogen-bond donors (Lipinski definition) is 1. The van der Waals surface area contributed by atoms with Crippen LogP contribution in [0.25, 0.3) is 33.5 Å². The van der Waals surface area contributed by atoms with Crippen LogP contribution < -0.4 is 9.64 Å². The van der Waals surface area contributed by atoms with Crippen molar-refractivity contribution in [2.45, 2.75) is 13.5 Å². The third kappa shape index (κ3) is 4.12. The van der Waals surface area contributed by atoms with E-state index in [9.17, 15) is 0 Å². The third-order valence-electron chi connectivity index (χ3n) is 7.04. The molecule has 3 aromatic carbocycles. The van der Waals surface area contributed by atoms with Crippen molar-refractivity contribution in [1.82, 2.24) is 24.6 Å². The monoisotopic (exact) mass is 466 g/mol. The maximum atomic E-state index is 6.07. The summed E-state index contributed by atoms with van der Waals surface area (Å²) in [5, 5.41) is 8.80. The van der Waals surface area contributed by atoms with Crippen LogP contribution in [0, 0.1) is 0 Å². The van der Waals surface area contributed by atoms with E-state index in [4.69, 9.17) is 9.72 Å². The molecule has 7 nitrogen and oxygen atoms in total. The molecule has 0 saturated carbocycles. The summed E-state index contributed by atoms with van der Waals surface area (Å²) < 4.78 is 8.22. The lowest BCUT2D eigenvalue weighted by atomic mass is 10.2. The Morgan fingerprint density at radius 3 is 2.57 bits per heavy atom. The Hall–Kier alpha value is -3.84. The molecule has 0 spiro atoms. The molecule has 3 heterocycles. The van der Waals surface area contributed by atoms with Gasteiger partial charge in [0.2, 0.25) is 0 Å². The Kier molecular flexibility index (Phi) is 5.62. The zero-order valence-corrected chi connectivity index (χ0v) is 20.2. The Balaban J connectivity index is 1.30. The topological polar surface area (TPSA) is 62.2 Å². The number of nitrogens with zero attached hydrogens (tertiary/aromatic N) is 5. The number of anilines is 1. The predicted molar refractivity (Wildman–Crippen MR) is 141 cm³/mol. The standard InChI is InChI=1S/C28H30N6O/c1-3-33-13-15-34(16-14-33)21-9-11-25-26(17-21)32(2)28(29-25)27-23-18-22(10-12-24(23)30-31-27)35-19-20-7-5-4-6-8-20/h4-12,17-18H,3,13-16,19H2,1-2H3,(H,30,31). The number of rotatable bonds is 6. The van der Waals surface area contributed by atoms with Crippen LogP contribution in [0.3, 0.4) is 0 Å². The largest absolute Gasteiger partial charge is 0.489 e. The van der Waals surface area contributed by atoms with Crippen LogP contribution in [0.4, 0.5) is 5.69 Å². The molecular formula is C28H30N6O. The minimum atomic E-state index is 0.529. The van der Waals surface area contributed by atoms with E-state index < -0.39 is 0 Å². The number of likely N-dealkylation sites (N-methyl/N-ethyl adjacent to an activating group) is 1. The molecule has 0 unspecified atom stereocenters. The molecule has 0 atom stereocenters. The summed E-state index contributed by atoms with van der Waals surface area (Å²) >= 11 is 0. The lowest BCUT2D eigenvalue weighted by Gasteiger charge is -2.35. The molecule has 0 amide bonds. The fourth-order valence-corrected chi connectivity index (χ4v) is 4.90. The first-order valence-corrected chi connectivity index (χ1v) is 12.3. The fourth-order valence-electron chi connectivity index (χ4n) is 4.90. The van der Waals surface area contributed by atoms with Crippen molar-refractivity contribution < 1.29 is 4.74 Å². The molecule has 0 radical (unpaired) electrons. The highest BCUT2D eigenvalue weighted by atomic mass is 16.5. The van der Waals surface area contributed by atoms with Crippen LogP contribution in [-0.2, 0) is 13.7 Å². The summed E-state index contributed by atoms with van der Waals surface area (Å²) in [5.41, 5.74) is 6.29. The van der Waals surface area contributed by atoms with Gasteiger partial charge in [-0.1, -0.05) is 37.3 Å². The first kappa shape index (κ1) is 21.7. The minimum Gasteiger partial charge on any atom is -0.489 e. The number of aromatic amines is 1. The highest BCUT2D eigenvalue weighted by Crippen LogP contribution is 2.32. The summed E-state index contributed by atoms with van der Waals surface area (Å²) in [5.74, 6) is 1.66. The van der Waals surface area contributed by atoms with Crippen LogP contribution in [-0.4, -0.2) is 57.4 Å². The van der Waals surface area contributed by atoms with Crippen LogP contribution in [0.2, 0.25) is 0 Å². The second-order valence-electron chi connectivity index (χ2n) is 9.14. The summed E-state index contributed by atoms with van der Waals surface area (Å²) in [6, 6.07) is 22.8. The van der Waals surface area contributed by atoms with Crippen molar-refractivity contribution in [3.8, 4) is 17.3 Å². The molecule has 0 bridgehead atoms. The molecule has 6 rings (SSSR count). The Labute approximate surface area is 204 Å². The summed E-state index contributed by atoms with van der Waals surface area (Å²) in [6.07, 6.45) is 0. The minimum absolute atomic E-state index is 0.529. The van der Waals surface area contributed by atoms with Gasteiger partial charge in [-0.15, -0.1) is 0 Å². The van der Waals surface area contributed by atoms with E-state index in [2.05, 4.69) is 74.9 Å². The zero-order valence-electron chi connectivity index (χ0n) is 20.2. The van der Waals surface area contributed by atoms with Gasteiger partial charge in [0.15, 0.2) is 5.82 Å². The maximum Gasteiger partial charge on any atom is 0.162 e. The van der Waals surface area contributed by atoms with Crippen LogP contribution >= 0.6 is 0 Å². The van der Waals surface area contributed by atoms with Gasteiger partial charge in [0.25, 0.3) is 0 Å². The van der Waals surface area contributed by atoms with Crippen molar-refractivity contribution in [1.29, 1.82) is 0 Å². The number of fused-ring (bicyclic) bond motifs is 2. The summed E-state index contributed by atoms with van der Waals surface area (Å²) in [7, 11) is 2.07. The van der Waals surface area contributed by atoms with E-state index in [1.807, 2.05) is 30.3 Å². The van der Waals surface area contributed by atoms with Gasteiger partial charge >= 0.3 is 0 Å². The number of benzene rings is 3. The molecule has 178 valence electrons. The van der Waals surface area contributed by atoms with Gasteiger partial charge in [-0.25, -0.2) is 4.98 Å². The second kappa shape index (κ2) is 9.07. The van der Waals surface area contributed by atoms with Crippen LogP contribution in [0.1, 0.15) is 12.5 Å². The number of imidazole rings is 1. The predicted octanol–water partition coefficient (Wildman–Crippen LogP) is 4.84. The van der Waals surface area contributed by atoms with Crippen molar-refractivity contribution >= 4 is 27.6 Å². The number of piperazine rings is 1. The number of hydrogen-bond acceptors (Lipinski definition) is 5. The van der Waals surface area contributed by atoms with Gasteiger partial charge in [-0.2, -0.15) is 5.10 Å². The molecule has 1 fully saturated rings. The molecule has 7 heteroatoms. The van der Waals surface area contributed by atoms with Crippen molar-refractivity contribution in [2.75, 3.05) is 37.6 Å². The number of ether oxygens (including phenoxy) is 1. The first-order chi connectivity index (χ1) is 17.2.